The first-order chi connectivity index (χ1) is 13.3. The van der Waals surface area contributed by atoms with E-state index in [-0.39, 0.29) is 18.9 Å². The van der Waals surface area contributed by atoms with E-state index < -0.39 is 23.4 Å². The molecule has 0 radical (unpaired) electrons. The summed E-state index contributed by atoms with van der Waals surface area (Å²) in [4.78, 5) is 40.2. The van der Waals surface area contributed by atoms with Crippen molar-refractivity contribution in [3.8, 4) is 11.5 Å². The average molecular weight is 386 g/mol. The molecule has 0 saturated heterocycles. The highest BCUT2D eigenvalue weighted by Crippen LogP contribution is 2.32. The summed E-state index contributed by atoms with van der Waals surface area (Å²) in [5.74, 6) is 0.356. The Morgan fingerprint density at radius 3 is 2.71 bits per heavy atom. The van der Waals surface area contributed by atoms with E-state index in [0.717, 1.165) is 5.56 Å². The fourth-order valence-corrected chi connectivity index (χ4v) is 2.74. The first-order valence-electron chi connectivity index (χ1n) is 8.73. The third-order valence-electron chi connectivity index (χ3n) is 4.60. The van der Waals surface area contributed by atoms with Crippen molar-refractivity contribution in [3.05, 3.63) is 57.5 Å². The van der Waals surface area contributed by atoms with Crippen LogP contribution in [0, 0.1) is 0 Å². The second kappa shape index (κ2) is 8.13. The molecule has 0 bridgehead atoms. The first kappa shape index (κ1) is 19.4. The number of nitrogens with one attached hydrogen (secondary N) is 2. The first-order valence-corrected chi connectivity index (χ1v) is 8.73. The van der Waals surface area contributed by atoms with Crippen molar-refractivity contribution >= 4 is 11.8 Å². The minimum Gasteiger partial charge on any atom is -0.454 e. The normalized spacial score (nSPS) is 13.4. The van der Waals surface area contributed by atoms with E-state index in [4.69, 9.17) is 15.2 Å². The third-order valence-corrected chi connectivity index (χ3v) is 4.60. The van der Waals surface area contributed by atoms with Crippen molar-refractivity contribution in [1.29, 1.82) is 0 Å². The molecule has 0 saturated carbocycles. The van der Waals surface area contributed by atoms with E-state index in [1.807, 2.05) is 6.07 Å². The van der Waals surface area contributed by atoms with Gasteiger partial charge >= 0.3 is 0 Å². The number of hydrogen-bond acceptors (Lipinski definition) is 6. The van der Waals surface area contributed by atoms with Crippen LogP contribution in [-0.2, 0) is 17.9 Å². The monoisotopic (exact) mass is 386 g/mol. The molecular formula is C19H22N4O5. The number of benzene rings is 1. The Kier molecular flexibility index (Phi) is 5.65. The molecule has 0 aliphatic carbocycles. The number of primary amides is 1. The Labute approximate surface area is 161 Å². The lowest BCUT2D eigenvalue weighted by molar-refractivity contribution is -0.122. The molecule has 2 amide bonds. The summed E-state index contributed by atoms with van der Waals surface area (Å²) in [7, 11) is 1.72. The Balaban J connectivity index is 1.62. The fourth-order valence-electron chi connectivity index (χ4n) is 2.74. The molecule has 1 aromatic carbocycles. The van der Waals surface area contributed by atoms with Gasteiger partial charge in [-0.3, -0.25) is 19.3 Å². The molecule has 148 valence electrons. The topological polar surface area (TPSA) is 127 Å². The molecule has 2 aromatic rings. The fraction of sp³-hybridized carbons (Fsp3) is 0.316. The van der Waals surface area contributed by atoms with Crippen molar-refractivity contribution < 1.29 is 19.1 Å². The van der Waals surface area contributed by atoms with Gasteiger partial charge in [0.05, 0.1) is 6.04 Å². The van der Waals surface area contributed by atoms with E-state index in [1.165, 1.54) is 6.07 Å². The van der Waals surface area contributed by atoms with Gasteiger partial charge in [0.25, 0.3) is 11.5 Å². The van der Waals surface area contributed by atoms with Crippen LogP contribution >= 0.6 is 0 Å². The maximum Gasteiger partial charge on any atom is 0.261 e. The summed E-state index contributed by atoms with van der Waals surface area (Å²) in [6.07, 6.45) is 0. The van der Waals surface area contributed by atoms with Crippen LogP contribution in [0.5, 0.6) is 11.5 Å². The lowest BCUT2D eigenvalue weighted by Gasteiger charge is -2.21. The third kappa shape index (κ3) is 4.32. The SMILES string of the molecule is C[C@@H](C(N)=O)N(C)Cc1ccc(C(=O)NCc2ccc3c(c2)OCO3)c(=O)[nH]1. The summed E-state index contributed by atoms with van der Waals surface area (Å²) < 4.78 is 10.5. The van der Waals surface area contributed by atoms with E-state index in [2.05, 4.69) is 10.3 Å². The van der Waals surface area contributed by atoms with Gasteiger partial charge in [0.15, 0.2) is 11.5 Å². The zero-order valence-corrected chi connectivity index (χ0v) is 15.7. The lowest BCUT2D eigenvalue weighted by atomic mass is 10.2. The second-order valence-corrected chi connectivity index (χ2v) is 6.59. The summed E-state index contributed by atoms with van der Waals surface area (Å²) in [6, 6.07) is 8.00. The molecule has 9 heteroatoms. The van der Waals surface area contributed by atoms with E-state index in [9.17, 15) is 14.4 Å². The largest absolute Gasteiger partial charge is 0.454 e. The van der Waals surface area contributed by atoms with Crippen molar-refractivity contribution in [3.63, 3.8) is 0 Å². The molecule has 4 N–H and O–H groups in total. The summed E-state index contributed by atoms with van der Waals surface area (Å²) in [6.45, 7) is 2.42. The number of carbonyl (C=O) groups excluding carboxylic acids is 2. The molecule has 1 aliphatic heterocycles. The number of nitrogens with zero attached hydrogens (tertiary/aromatic N) is 1. The summed E-state index contributed by atoms with van der Waals surface area (Å²) in [5.41, 5.74) is 6.19. The van der Waals surface area contributed by atoms with Crippen LogP contribution in [0.4, 0.5) is 0 Å². The van der Waals surface area contributed by atoms with Gasteiger partial charge in [-0.05, 0) is 43.8 Å². The van der Waals surface area contributed by atoms with Crippen molar-refractivity contribution in [1.82, 2.24) is 15.2 Å². The minimum absolute atomic E-state index is 0.00935. The van der Waals surface area contributed by atoms with Gasteiger partial charge in [0.2, 0.25) is 12.7 Å². The Bertz CT molecular complexity index is 956. The zero-order chi connectivity index (χ0) is 20.3. The number of hydrogen-bond donors (Lipinski definition) is 3. The smallest absolute Gasteiger partial charge is 0.261 e. The Morgan fingerprint density at radius 1 is 1.25 bits per heavy atom. The molecule has 2 heterocycles. The molecule has 1 aliphatic rings. The second-order valence-electron chi connectivity index (χ2n) is 6.59. The number of carbonyl (C=O) groups is 2. The molecule has 0 spiro atoms. The maximum atomic E-state index is 12.3. The maximum absolute atomic E-state index is 12.3. The van der Waals surface area contributed by atoms with E-state index in [1.54, 1.807) is 37.1 Å². The number of amides is 2. The molecular weight excluding hydrogens is 364 g/mol. The molecule has 0 fully saturated rings. The van der Waals surface area contributed by atoms with Crippen LogP contribution in [0.25, 0.3) is 0 Å². The Morgan fingerprint density at radius 2 is 2.00 bits per heavy atom. The quantitative estimate of drug-likeness (QED) is 0.630. The molecule has 9 nitrogen and oxygen atoms in total. The molecule has 1 aromatic heterocycles. The van der Waals surface area contributed by atoms with Gasteiger partial charge in [-0.15, -0.1) is 0 Å². The molecule has 3 rings (SSSR count). The van der Waals surface area contributed by atoms with Gasteiger partial charge in [0, 0.05) is 18.8 Å². The predicted molar refractivity (Wildman–Crippen MR) is 101 cm³/mol. The van der Waals surface area contributed by atoms with Crippen LogP contribution in [0.15, 0.2) is 35.1 Å². The number of pyridine rings is 1. The van der Waals surface area contributed by atoms with E-state index in [0.29, 0.717) is 23.7 Å². The van der Waals surface area contributed by atoms with Gasteiger partial charge in [-0.1, -0.05) is 6.07 Å². The van der Waals surface area contributed by atoms with Crippen molar-refractivity contribution in [2.45, 2.75) is 26.1 Å². The standard InChI is InChI=1S/C19H22N4O5/c1-11(17(20)24)23(2)9-13-4-5-14(19(26)22-13)18(25)21-8-12-3-6-15-16(7-12)28-10-27-15/h3-7,11H,8-10H2,1-2H3,(H2,20,24)(H,21,25)(H,22,26)/t11-/m0/s1. The lowest BCUT2D eigenvalue weighted by Crippen LogP contribution is -2.40. The summed E-state index contributed by atoms with van der Waals surface area (Å²) >= 11 is 0. The number of rotatable bonds is 7. The number of ether oxygens (including phenoxy) is 2. The highest BCUT2D eigenvalue weighted by atomic mass is 16.7. The van der Waals surface area contributed by atoms with Crippen molar-refractivity contribution in [2.75, 3.05) is 13.8 Å². The number of likely N-dealkylation sites (N-methyl/N-ethyl adjacent to an activating group) is 1. The van der Waals surface area contributed by atoms with Gasteiger partial charge in [-0.25, -0.2) is 0 Å². The predicted octanol–water partition coefficient (Wildman–Crippen LogP) is 0.339. The van der Waals surface area contributed by atoms with Gasteiger partial charge in [-0.2, -0.15) is 0 Å². The molecule has 28 heavy (non-hydrogen) atoms. The number of fused-ring (bicyclic) bond motifs is 1. The molecule has 1 atom stereocenters. The van der Waals surface area contributed by atoms with Crippen LogP contribution in [0.2, 0.25) is 0 Å². The molecule has 0 unspecified atom stereocenters. The van der Waals surface area contributed by atoms with Crippen LogP contribution in [-0.4, -0.2) is 41.6 Å². The van der Waals surface area contributed by atoms with Gasteiger partial charge < -0.3 is 25.5 Å². The number of nitrogens with two attached hydrogens (primary N) is 1. The highest BCUT2D eigenvalue weighted by molar-refractivity contribution is 5.93. The number of H-pyrrole nitrogens is 1. The summed E-state index contributed by atoms with van der Waals surface area (Å²) in [5, 5.41) is 2.71. The van der Waals surface area contributed by atoms with Crippen molar-refractivity contribution in [2.24, 2.45) is 5.73 Å². The van der Waals surface area contributed by atoms with Gasteiger partial charge in [0.1, 0.15) is 5.56 Å². The van der Waals surface area contributed by atoms with Crippen LogP contribution in [0.3, 0.4) is 0 Å². The average Bonchev–Trinajstić information content (AvgIpc) is 3.13. The van der Waals surface area contributed by atoms with Crippen LogP contribution < -0.4 is 26.1 Å². The van der Waals surface area contributed by atoms with E-state index >= 15 is 0 Å². The number of aromatic amines is 1. The Hall–Kier alpha value is -3.33. The number of aromatic nitrogens is 1. The zero-order valence-electron chi connectivity index (χ0n) is 15.7. The van der Waals surface area contributed by atoms with Crippen LogP contribution in [0.1, 0.15) is 28.5 Å². The minimum atomic E-state index is -0.499. The highest BCUT2D eigenvalue weighted by Gasteiger charge is 2.17.